The fourth-order valence-electron chi connectivity index (χ4n) is 2.93. The zero-order chi connectivity index (χ0) is 23.3. The van der Waals surface area contributed by atoms with Gasteiger partial charge in [-0.1, -0.05) is 36.1 Å². The number of benzene rings is 1. The van der Waals surface area contributed by atoms with Crippen LogP contribution in [-0.2, 0) is 11.2 Å². The van der Waals surface area contributed by atoms with Crippen LogP contribution in [0.15, 0.2) is 29.4 Å². The molecule has 3 aromatic rings. The van der Waals surface area contributed by atoms with Crippen molar-refractivity contribution in [2.24, 2.45) is 0 Å². The van der Waals surface area contributed by atoms with Crippen LogP contribution in [0, 0.1) is 0 Å². The van der Waals surface area contributed by atoms with E-state index in [1.54, 1.807) is 7.11 Å². The molecule has 32 heavy (non-hydrogen) atoms. The number of aryl methyl sites for hydroxylation is 1. The molecule has 0 aliphatic heterocycles. The molecule has 2 aromatic heterocycles. The van der Waals surface area contributed by atoms with Crippen LogP contribution < -0.4 is 14.8 Å². The van der Waals surface area contributed by atoms with Gasteiger partial charge in [0.1, 0.15) is 16.5 Å². The second-order valence-corrected chi connectivity index (χ2v) is 9.72. The van der Waals surface area contributed by atoms with Crippen molar-refractivity contribution < 1.29 is 14.3 Å². The van der Waals surface area contributed by atoms with Crippen LogP contribution in [0.25, 0.3) is 0 Å². The van der Waals surface area contributed by atoms with E-state index >= 15 is 0 Å². The molecule has 1 amide bonds. The molecule has 9 nitrogen and oxygen atoms in total. The highest BCUT2D eigenvalue weighted by Gasteiger charge is 2.25. The molecule has 0 spiro atoms. The third-order valence-corrected chi connectivity index (χ3v) is 6.62. The number of anilines is 1. The highest BCUT2D eigenvalue weighted by Crippen LogP contribution is 2.31. The van der Waals surface area contributed by atoms with Crippen molar-refractivity contribution in [1.29, 1.82) is 0 Å². The van der Waals surface area contributed by atoms with Gasteiger partial charge in [-0.05, 0) is 46.2 Å². The van der Waals surface area contributed by atoms with Gasteiger partial charge >= 0.3 is 0 Å². The van der Waals surface area contributed by atoms with Crippen LogP contribution in [0.1, 0.15) is 57.6 Å². The summed E-state index contributed by atoms with van der Waals surface area (Å²) in [5.74, 6) is 1.93. The van der Waals surface area contributed by atoms with Gasteiger partial charge in [-0.3, -0.25) is 10.1 Å². The van der Waals surface area contributed by atoms with Gasteiger partial charge in [-0.25, -0.2) is 0 Å². The first-order valence-corrected chi connectivity index (χ1v) is 12.1. The first-order valence-electron chi connectivity index (χ1n) is 10.4. The SMILES string of the molecule is CCc1nnc(NC(=O)C(C)Sc2nnc(C(C)Oc3cccc(OC)c3)n2C(C)C)s1. The summed E-state index contributed by atoms with van der Waals surface area (Å²) < 4.78 is 13.3. The maximum Gasteiger partial charge on any atom is 0.239 e. The highest BCUT2D eigenvalue weighted by molar-refractivity contribution is 8.00. The Kier molecular flexibility index (Phi) is 8.08. The number of carbonyl (C=O) groups is 1. The van der Waals surface area contributed by atoms with Gasteiger partial charge in [0.25, 0.3) is 0 Å². The Hall–Kier alpha value is -2.66. The van der Waals surface area contributed by atoms with E-state index in [-0.39, 0.29) is 18.1 Å². The minimum Gasteiger partial charge on any atom is -0.497 e. The van der Waals surface area contributed by atoms with E-state index in [0.29, 0.717) is 21.9 Å². The minimum atomic E-state index is -0.395. The van der Waals surface area contributed by atoms with E-state index in [2.05, 4.69) is 25.7 Å². The Morgan fingerprint density at radius 2 is 1.91 bits per heavy atom. The molecule has 0 radical (unpaired) electrons. The second kappa shape index (κ2) is 10.8. The number of nitrogens with one attached hydrogen (secondary N) is 1. The average molecular weight is 477 g/mol. The number of nitrogens with zero attached hydrogens (tertiary/aromatic N) is 5. The summed E-state index contributed by atoms with van der Waals surface area (Å²) in [5.41, 5.74) is 0. The van der Waals surface area contributed by atoms with Gasteiger partial charge in [0, 0.05) is 12.1 Å². The van der Waals surface area contributed by atoms with Crippen molar-refractivity contribution in [3.05, 3.63) is 35.1 Å². The zero-order valence-corrected chi connectivity index (χ0v) is 20.7. The Morgan fingerprint density at radius 3 is 2.56 bits per heavy atom. The number of hydrogen-bond donors (Lipinski definition) is 1. The molecular weight excluding hydrogens is 448 g/mol. The third kappa shape index (κ3) is 5.77. The predicted molar refractivity (Wildman–Crippen MR) is 126 cm³/mol. The predicted octanol–water partition coefficient (Wildman–Crippen LogP) is 4.54. The Bertz CT molecular complexity index is 1050. The average Bonchev–Trinajstić information content (AvgIpc) is 3.40. The summed E-state index contributed by atoms with van der Waals surface area (Å²) in [5, 5.41) is 21.2. The van der Waals surface area contributed by atoms with Gasteiger partial charge in [-0.2, -0.15) is 0 Å². The number of ether oxygens (including phenoxy) is 2. The molecule has 2 atom stereocenters. The first-order chi connectivity index (χ1) is 15.3. The van der Waals surface area contributed by atoms with Gasteiger partial charge in [0.05, 0.1) is 12.4 Å². The number of hydrogen-bond acceptors (Lipinski definition) is 9. The smallest absolute Gasteiger partial charge is 0.239 e. The van der Waals surface area contributed by atoms with E-state index in [4.69, 9.17) is 9.47 Å². The summed E-state index contributed by atoms with van der Waals surface area (Å²) >= 11 is 2.73. The summed E-state index contributed by atoms with van der Waals surface area (Å²) in [6, 6.07) is 7.52. The molecular formula is C21H28N6O3S2. The topological polar surface area (TPSA) is 104 Å². The minimum absolute atomic E-state index is 0.0874. The van der Waals surface area contributed by atoms with Gasteiger partial charge < -0.3 is 14.0 Å². The third-order valence-electron chi connectivity index (χ3n) is 4.58. The number of carbonyl (C=O) groups excluding carboxylic acids is 1. The van der Waals surface area contributed by atoms with Crippen molar-refractivity contribution in [3.8, 4) is 11.5 Å². The maximum atomic E-state index is 12.7. The molecule has 0 fully saturated rings. The summed E-state index contributed by atoms with van der Waals surface area (Å²) in [7, 11) is 1.62. The number of aromatic nitrogens is 5. The second-order valence-electron chi connectivity index (χ2n) is 7.35. The Balaban J connectivity index is 1.72. The largest absolute Gasteiger partial charge is 0.497 e. The molecule has 2 unspecified atom stereocenters. The van der Waals surface area contributed by atoms with E-state index < -0.39 is 5.25 Å². The summed E-state index contributed by atoms with van der Waals surface area (Å²) in [4.78, 5) is 12.7. The van der Waals surface area contributed by atoms with Crippen LogP contribution in [0.3, 0.4) is 0 Å². The van der Waals surface area contributed by atoms with Crippen LogP contribution in [0.5, 0.6) is 11.5 Å². The van der Waals surface area contributed by atoms with E-state index in [1.807, 2.05) is 63.5 Å². The maximum absolute atomic E-state index is 12.7. The summed E-state index contributed by atoms with van der Waals surface area (Å²) in [6.45, 7) is 9.85. The Labute approximate surface area is 195 Å². The highest BCUT2D eigenvalue weighted by atomic mass is 32.2. The fourth-order valence-corrected chi connectivity index (χ4v) is 4.60. The quantitative estimate of drug-likeness (QED) is 0.425. The lowest BCUT2D eigenvalue weighted by Gasteiger charge is -2.19. The molecule has 1 aromatic carbocycles. The van der Waals surface area contributed by atoms with Crippen molar-refractivity contribution in [1.82, 2.24) is 25.0 Å². The lowest BCUT2D eigenvalue weighted by atomic mass is 10.3. The lowest BCUT2D eigenvalue weighted by molar-refractivity contribution is -0.115. The van der Waals surface area contributed by atoms with Gasteiger partial charge in [-0.15, -0.1) is 20.4 Å². The van der Waals surface area contributed by atoms with E-state index in [9.17, 15) is 4.79 Å². The van der Waals surface area contributed by atoms with Crippen LogP contribution in [-0.4, -0.2) is 43.2 Å². The van der Waals surface area contributed by atoms with E-state index in [1.165, 1.54) is 23.1 Å². The molecule has 3 rings (SSSR count). The molecule has 11 heteroatoms. The fraction of sp³-hybridized carbons (Fsp3) is 0.476. The molecule has 0 aliphatic carbocycles. The number of methoxy groups -OCH3 is 1. The van der Waals surface area contributed by atoms with Crippen molar-refractivity contribution >= 4 is 34.1 Å². The molecule has 2 heterocycles. The monoisotopic (exact) mass is 476 g/mol. The van der Waals surface area contributed by atoms with Gasteiger partial charge in [0.2, 0.25) is 11.0 Å². The molecule has 0 saturated carbocycles. The molecule has 172 valence electrons. The van der Waals surface area contributed by atoms with Crippen LogP contribution in [0.2, 0.25) is 0 Å². The summed E-state index contributed by atoms with van der Waals surface area (Å²) in [6.07, 6.45) is 0.443. The normalized spacial score (nSPS) is 13.1. The number of amides is 1. The van der Waals surface area contributed by atoms with Crippen LogP contribution >= 0.6 is 23.1 Å². The Morgan fingerprint density at radius 1 is 1.16 bits per heavy atom. The molecule has 0 bridgehead atoms. The van der Waals surface area contributed by atoms with Crippen LogP contribution in [0.4, 0.5) is 5.13 Å². The van der Waals surface area contributed by atoms with Crippen molar-refractivity contribution in [2.45, 2.75) is 63.6 Å². The number of thioether (sulfide) groups is 1. The molecule has 0 saturated heterocycles. The number of rotatable bonds is 10. The van der Waals surface area contributed by atoms with Gasteiger partial charge in [0.15, 0.2) is 17.1 Å². The first kappa shape index (κ1) is 24.0. The van der Waals surface area contributed by atoms with E-state index in [0.717, 1.165) is 17.2 Å². The lowest BCUT2D eigenvalue weighted by Crippen LogP contribution is -2.23. The molecule has 1 N–H and O–H groups in total. The molecule has 0 aliphatic rings. The van der Waals surface area contributed by atoms with Crippen molar-refractivity contribution in [2.75, 3.05) is 12.4 Å². The van der Waals surface area contributed by atoms with Crippen molar-refractivity contribution in [3.63, 3.8) is 0 Å². The standard InChI is InChI=1S/C21H28N6O3S2/c1-7-17-23-25-20(32-17)22-19(28)14(5)31-21-26-24-18(27(21)12(2)3)13(4)30-16-10-8-9-15(11-16)29-6/h8-14H,7H2,1-6H3,(H,22,25,28). The zero-order valence-electron chi connectivity index (χ0n) is 19.0.